The predicted octanol–water partition coefficient (Wildman–Crippen LogP) is -1.99. The Morgan fingerprint density at radius 3 is 2.20 bits per heavy atom. The van der Waals surface area contributed by atoms with Crippen LogP contribution in [-0.4, -0.2) is 57.9 Å². The summed E-state index contributed by atoms with van der Waals surface area (Å²) in [6.45, 7) is -0.351. The van der Waals surface area contributed by atoms with Gasteiger partial charge in [-0.1, -0.05) is 0 Å². The van der Waals surface area contributed by atoms with Gasteiger partial charge >= 0.3 is 5.97 Å². The first kappa shape index (κ1) is 12.4. The van der Waals surface area contributed by atoms with Gasteiger partial charge in [-0.2, -0.15) is 0 Å². The summed E-state index contributed by atoms with van der Waals surface area (Å²) >= 11 is 0. The monoisotopic (exact) mass is 220 g/mol. The maximum Gasteiger partial charge on any atom is 0.309 e. The number of ether oxygens (including phenoxy) is 1. The van der Waals surface area contributed by atoms with Crippen LogP contribution < -0.4 is 0 Å². The molecule has 0 aliphatic heterocycles. The largest absolute Gasteiger partial charge is 0.463 e. The second-order valence-corrected chi connectivity index (χ2v) is 3.68. The summed E-state index contributed by atoms with van der Waals surface area (Å²) in [6.07, 6.45) is -3.28. The van der Waals surface area contributed by atoms with E-state index >= 15 is 0 Å². The van der Waals surface area contributed by atoms with Crippen LogP contribution >= 0.6 is 0 Å². The Kier molecular flexibility index (Phi) is 4.46. The fourth-order valence-electron chi connectivity index (χ4n) is 1.67. The Balaban J connectivity index is 2.46. The van der Waals surface area contributed by atoms with E-state index < -0.39 is 30.2 Å². The van der Waals surface area contributed by atoms with Crippen LogP contribution in [0.4, 0.5) is 0 Å². The van der Waals surface area contributed by atoms with Crippen LogP contribution in [0.25, 0.3) is 0 Å². The Morgan fingerprint density at radius 2 is 1.73 bits per heavy atom. The fourth-order valence-corrected chi connectivity index (χ4v) is 1.67. The van der Waals surface area contributed by atoms with Gasteiger partial charge in [0.1, 0.15) is 12.7 Å². The molecule has 6 nitrogen and oxygen atoms in total. The van der Waals surface area contributed by atoms with Crippen LogP contribution in [0.1, 0.15) is 12.8 Å². The summed E-state index contributed by atoms with van der Waals surface area (Å²) in [5, 5.41) is 36.3. The topological polar surface area (TPSA) is 107 Å². The molecule has 0 bridgehead atoms. The SMILES string of the molecule is O=C(OCCO)C1CC(O)C(O)C(O)C1. The van der Waals surface area contributed by atoms with E-state index in [0.29, 0.717) is 0 Å². The van der Waals surface area contributed by atoms with Crippen molar-refractivity contribution in [3.05, 3.63) is 0 Å². The van der Waals surface area contributed by atoms with Crippen molar-refractivity contribution in [2.45, 2.75) is 31.2 Å². The molecule has 1 aliphatic rings. The lowest BCUT2D eigenvalue weighted by atomic mass is 9.83. The molecule has 0 aromatic carbocycles. The second kappa shape index (κ2) is 5.41. The number of rotatable bonds is 3. The molecule has 15 heavy (non-hydrogen) atoms. The van der Waals surface area contributed by atoms with Crippen molar-refractivity contribution >= 4 is 5.97 Å². The minimum absolute atomic E-state index is 0.0719. The zero-order valence-electron chi connectivity index (χ0n) is 8.24. The first-order valence-corrected chi connectivity index (χ1v) is 4.88. The summed E-state index contributed by atoms with van der Waals surface area (Å²) in [5.74, 6) is -1.18. The summed E-state index contributed by atoms with van der Waals surface area (Å²) < 4.78 is 4.67. The van der Waals surface area contributed by atoms with Crippen LogP contribution in [0.2, 0.25) is 0 Å². The van der Waals surface area contributed by atoms with Crippen LogP contribution in [0, 0.1) is 5.92 Å². The number of aliphatic hydroxyl groups is 4. The average molecular weight is 220 g/mol. The minimum atomic E-state index is -1.20. The van der Waals surface area contributed by atoms with Gasteiger partial charge in [0.25, 0.3) is 0 Å². The number of esters is 1. The zero-order valence-corrected chi connectivity index (χ0v) is 8.24. The first-order chi connectivity index (χ1) is 7.06. The molecule has 0 spiro atoms. The molecule has 1 saturated carbocycles. The Bertz CT molecular complexity index is 207. The lowest BCUT2D eigenvalue weighted by Gasteiger charge is -2.32. The quantitative estimate of drug-likeness (QED) is 0.410. The summed E-state index contributed by atoms with van der Waals surface area (Å²) in [6, 6.07) is 0. The van der Waals surface area contributed by atoms with Gasteiger partial charge in [-0.25, -0.2) is 0 Å². The molecule has 88 valence electrons. The van der Waals surface area contributed by atoms with E-state index in [1.807, 2.05) is 0 Å². The van der Waals surface area contributed by atoms with Gasteiger partial charge in [0.15, 0.2) is 0 Å². The molecule has 0 saturated heterocycles. The van der Waals surface area contributed by atoms with E-state index in [2.05, 4.69) is 4.74 Å². The molecule has 6 heteroatoms. The van der Waals surface area contributed by atoms with Gasteiger partial charge < -0.3 is 25.2 Å². The highest BCUT2D eigenvalue weighted by Gasteiger charge is 2.38. The molecule has 2 atom stereocenters. The molecule has 4 N–H and O–H groups in total. The predicted molar refractivity (Wildman–Crippen MR) is 48.8 cm³/mol. The molecule has 1 fully saturated rings. The standard InChI is InChI=1S/C9H16O6/c10-1-2-15-9(14)5-3-6(11)8(13)7(12)4-5/h5-8,10-13H,1-4H2. The Labute approximate surface area is 87.1 Å². The molecule has 0 aromatic rings. The van der Waals surface area contributed by atoms with Crippen molar-refractivity contribution in [2.75, 3.05) is 13.2 Å². The normalized spacial score (nSPS) is 36.3. The molecule has 0 aromatic heterocycles. The molecule has 2 unspecified atom stereocenters. The van der Waals surface area contributed by atoms with Gasteiger partial charge in [-0.15, -0.1) is 0 Å². The third-order valence-electron chi connectivity index (χ3n) is 2.51. The van der Waals surface area contributed by atoms with Crippen molar-refractivity contribution in [3.63, 3.8) is 0 Å². The summed E-state index contributed by atoms with van der Waals surface area (Å²) in [7, 11) is 0. The maximum atomic E-state index is 11.3. The van der Waals surface area contributed by atoms with Crippen LogP contribution in [0.3, 0.4) is 0 Å². The van der Waals surface area contributed by atoms with E-state index in [1.54, 1.807) is 0 Å². The van der Waals surface area contributed by atoms with Crippen molar-refractivity contribution in [1.82, 2.24) is 0 Å². The zero-order chi connectivity index (χ0) is 11.4. The molecule has 1 rings (SSSR count). The maximum absolute atomic E-state index is 11.3. The van der Waals surface area contributed by atoms with E-state index in [0.717, 1.165) is 0 Å². The number of hydrogen-bond acceptors (Lipinski definition) is 6. The average Bonchev–Trinajstić information content (AvgIpc) is 2.21. The van der Waals surface area contributed by atoms with Crippen molar-refractivity contribution in [2.24, 2.45) is 5.92 Å². The van der Waals surface area contributed by atoms with Gasteiger partial charge in [-0.3, -0.25) is 4.79 Å². The smallest absolute Gasteiger partial charge is 0.309 e. The van der Waals surface area contributed by atoms with Crippen LogP contribution in [0.5, 0.6) is 0 Å². The van der Waals surface area contributed by atoms with Crippen LogP contribution in [0.15, 0.2) is 0 Å². The minimum Gasteiger partial charge on any atom is -0.463 e. The fraction of sp³-hybridized carbons (Fsp3) is 0.889. The molecule has 1 aliphatic carbocycles. The number of aliphatic hydroxyl groups excluding tert-OH is 4. The number of hydrogen-bond donors (Lipinski definition) is 4. The highest BCUT2D eigenvalue weighted by molar-refractivity contribution is 5.72. The van der Waals surface area contributed by atoms with E-state index in [1.165, 1.54) is 0 Å². The van der Waals surface area contributed by atoms with Crippen LogP contribution in [-0.2, 0) is 9.53 Å². The van der Waals surface area contributed by atoms with E-state index in [4.69, 9.17) is 5.11 Å². The van der Waals surface area contributed by atoms with E-state index in [-0.39, 0.29) is 26.1 Å². The second-order valence-electron chi connectivity index (χ2n) is 3.68. The Hall–Kier alpha value is -0.690. The lowest BCUT2D eigenvalue weighted by Crippen LogP contribution is -2.46. The molecule has 0 radical (unpaired) electrons. The lowest BCUT2D eigenvalue weighted by molar-refractivity contribution is -0.160. The molecule has 0 amide bonds. The first-order valence-electron chi connectivity index (χ1n) is 4.88. The Morgan fingerprint density at radius 1 is 1.20 bits per heavy atom. The van der Waals surface area contributed by atoms with Gasteiger partial charge in [0, 0.05) is 0 Å². The highest BCUT2D eigenvalue weighted by Crippen LogP contribution is 2.26. The van der Waals surface area contributed by atoms with Gasteiger partial charge in [0.05, 0.1) is 24.7 Å². The van der Waals surface area contributed by atoms with Gasteiger partial charge in [0.2, 0.25) is 0 Å². The van der Waals surface area contributed by atoms with Crippen molar-refractivity contribution < 1.29 is 30.0 Å². The molecule has 0 heterocycles. The number of carbonyl (C=O) groups excluding carboxylic acids is 1. The van der Waals surface area contributed by atoms with Crippen molar-refractivity contribution in [1.29, 1.82) is 0 Å². The number of carbonyl (C=O) groups is 1. The molecular formula is C9H16O6. The summed E-state index contributed by atoms with van der Waals surface area (Å²) in [4.78, 5) is 11.3. The third kappa shape index (κ3) is 3.13. The highest BCUT2D eigenvalue weighted by atomic mass is 16.5. The third-order valence-corrected chi connectivity index (χ3v) is 2.51. The van der Waals surface area contributed by atoms with E-state index in [9.17, 15) is 20.1 Å². The summed E-state index contributed by atoms with van der Waals surface area (Å²) in [5.41, 5.74) is 0. The molecular weight excluding hydrogens is 204 g/mol. The van der Waals surface area contributed by atoms with Crippen molar-refractivity contribution in [3.8, 4) is 0 Å². The van der Waals surface area contributed by atoms with Gasteiger partial charge in [-0.05, 0) is 12.8 Å².